The van der Waals surface area contributed by atoms with E-state index in [2.05, 4.69) is 36.2 Å². The third kappa shape index (κ3) is 7.47. The molecule has 0 aliphatic rings. The zero-order valence-electron chi connectivity index (χ0n) is 17.5. The molecular weight excluding hydrogens is 376 g/mol. The fourth-order valence-electron chi connectivity index (χ4n) is 2.98. The average molecular weight is 407 g/mol. The van der Waals surface area contributed by atoms with E-state index in [4.69, 9.17) is 10.8 Å². The van der Waals surface area contributed by atoms with E-state index in [0.29, 0.717) is 5.56 Å². The van der Waals surface area contributed by atoms with Gasteiger partial charge in [0.1, 0.15) is 12.6 Å². The lowest BCUT2D eigenvalue weighted by Crippen LogP contribution is -2.46. The highest BCUT2D eigenvalue weighted by Crippen LogP contribution is 2.10. The van der Waals surface area contributed by atoms with Crippen molar-refractivity contribution in [2.75, 3.05) is 13.2 Å². The van der Waals surface area contributed by atoms with E-state index in [-0.39, 0.29) is 6.54 Å². The van der Waals surface area contributed by atoms with Crippen LogP contribution in [0.15, 0.2) is 48.5 Å². The Labute approximate surface area is 178 Å². The molecule has 1 atom stereocenters. The fourth-order valence-corrected chi connectivity index (χ4v) is 2.98. The number of nitrogens with two attached hydrogens (primary N) is 1. The maximum Gasteiger partial charge on any atom is 0.251 e. The largest absolute Gasteiger partial charge is 0.388 e. The number of aryl methyl sites for hydroxylation is 1. The molecule has 158 valence electrons. The van der Waals surface area contributed by atoms with Crippen LogP contribution in [0.1, 0.15) is 59.7 Å². The Morgan fingerprint density at radius 2 is 1.57 bits per heavy atom. The zero-order valence-corrected chi connectivity index (χ0v) is 17.5. The fraction of sp³-hybridized carbons (Fsp3) is 0.360. The average Bonchev–Trinajstić information content (AvgIpc) is 2.79. The van der Waals surface area contributed by atoms with E-state index < -0.39 is 24.3 Å². The lowest BCUT2D eigenvalue weighted by molar-refractivity contribution is -0.123. The van der Waals surface area contributed by atoms with Gasteiger partial charge in [-0.2, -0.15) is 0 Å². The topological polar surface area (TPSA) is 92.4 Å². The summed E-state index contributed by atoms with van der Waals surface area (Å²) in [5, 5.41) is 11.4. The predicted molar refractivity (Wildman–Crippen MR) is 119 cm³/mol. The third-order valence-electron chi connectivity index (χ3n) is 4.86. The summed E-state index contributed by atoms with van der Waals surface area (Å²) in [5.41, 5.74) is 8.95. The number of unbranched alkanes of at least 4 members (excludes halogenated alkanes) is 3. The number of nitrogens with one attached hydrogen (secondary N) is 1. The summed E-state index contributed by atoms with van der Waals surface area (Å²) in [5.74, 6) is 5.31. The van der Waals surface area contributed by atoms with Crippen LogP contribution in [0.25, 0.3) is 0 Å². The Kier molecular flexibility index (Phi) is 9.79. The number of carbonyl (C=O) groups is 2. The maximum atomic E-state index is 12.2. The molecule has 0 bridgehead atoms. The number of benzene rings is 2. The van der Waals surface area contributed by atoms with E-state index in [1.807, 2.05) is 12.1 Å². The van der Waals surface area contributed by atoms with Crippen molar-refractivity contribution >= 4 is 11.7 Å². The van der Waals surface area contributed by atoms with E-state index in [1.165, 1.54) is 31.2 Å². The van der Waals surface area contributed by atoms with Crippen LogP contribution in [0, 0.1) is 11.8 Å². The van der Waals surface area contributed by atoms with Crippen molar-refractivity contribution in [2.45, 2.75) is 45.1 Å². The second-order valence-electron chi connectivity index (χ2n) is 7.22. The van der Waals surface area contributed by atoms with Crippen molar-refractivity contribution in [1.82, 2.24) is 5.32 Å². The molecule has 0 aliphatic carbocycles. The SMILES string of the molecule is CCCCCCc1ccc(C#Cc2ccc(C(=O)N[C@@H](CN)C(=O)CO)cc2)cc1. The molecule has 0 aromatic heterocycles. The first kappa shape index (κ1) is 23.3. The first-order valence-corrected chi connectivity index (χ1v) is 10.4. The van der Waals surface area contributed by atoms with Crippen molar-refractivity contribution in [2.24, 2.45) is 5.73 Å². The Hall–Kier alpha value is -2.94. The summed E-state index contributed by atoms with van der Waals surface area (Å²) in [7, 11) is 0. The van der Waals surface area contributed by atoms with Gasteiger partial charge in [-0.15, -0.1) is 0 Å². The predicted octanol–water partition coefficient (Wildman–Crippen LogP) is 2.83. The number of Topliss-reactive ketones (excluding diaryl/α,β-unsaturated/α-hetero) is 1. The molecule has 0 fully saturated rings. The molecule has 2 rings (SSSR count). The summed E-state index contributed by atoms with van der Waals surface area (Å²) in [6.45, 7) is 1.50. The van der Waals surface area contributed by atoms with Crippen molar-refractivity contribution in [3.63, 3.8) is 0 Å². The molecule has 4 N–H and O–H groups in total. The molecule has 2 aromatic carbocycles. The van der Waals surface area contributed by atoms with Gasteiger partial charge in [0, 0.05) is 23.2 Å². The summed E-state index contributed by atoms with van der Waals surface area (Å²) in [4.78, 5) is 23.8. The molecular formula is C25H30N2O3. The monoisotopic (exact) mass is 406 g/mol. The first-order valence-electron chi connectivity index (χ1n) is 10.4. The van der Waals surface area contributed by atoms with Crippen LogP contribution in [-0.2, 0) is 11.2 Å². The lowest BCUT2D eigenvalue weighted by atomic mass is 10.0. The summed E-state index contributed by atoms with van der Waals surface area (Å²) in [6, 6.07) is 14.3. The summed E-state index contributed by atoms with van der Waals surface area (Å²) < 4.78 is 0. The Morgan fingerprint density at radius 1 is 0.967 bits per heavy atom. The highest BCUT2D eigenvalue weighted by atomic mass is 16.3. The summed E-state index contributed by atoms with van der Waals surface area (Å²) >= 11 is 0. The number of ketones is 1. The second-order valence-corrected chi connectivity index (χ2v) is 7.22. The van der Waals surface area contributed by atoms with Gasteiger partial charge in [0.25, 0.3) is 5.91 Å². The number of hydrogen-bond donors (Lipinski definition) is 3. The minimum absolute atomic E-state index is 0.0633. The van der Waals surface area contributed by atoms with Gasteiger partial charge >= 0.3 is 0 Å². The van der Waals surface area contributed by atoms with E-state index in [9.17, 15) is 9.59 Å². The van der Waals surface area contributed by atoms with Crippen molar-refractivity contribution in [3.8, 4) is 11.8 Å². The number of hydrogen-bond acceptors (Lipinski definition) is 4. The van der Waals surface area contributed by atoms with E-state index >= 15 is 0 Å². The Bertz CT molecular complexity index is 877. The standard InChI is InChI=1S/C25H30N2O3/c1-2-3-4-5-6-19-7-9-20(10-8-19)11-12-21-13-15-22(16-14-21)25(30)27-23(17-26)24(29)18-28/h7-10,13-16,23,28H,2-6,17-18,26H2,1H3,(H,27,30)/t23-/m0/s1. The van der Waals surface area contributed by atoms with Crippen LogP contribution < -0.4 is 11.1 Å². The van der Waals surface area contributed by atoms with Gasteiger partial charge in [-0.1, -0.05) is 50.2 Å². The number of rotatable bonds is 10. The smallest absolute Gasteiger partial charge is 0.251 e. The normalized spacial score (nSPS) is 11.3. The molecule has 30 heavy (non-hydrogen) atoms. The van der Waals surface area contributed by atoms with Gasteiger partial charge < -0.3 is 16.2 Å². The Balaban J connectivity index is 1.94. The number of aliphatic hydroxyl groups excluding tert-OH is 1. The molecule has 0 saturated carbocycles. The highest BCUT2D eigenvalue weighted by molar-refractivity contribution is 5.98. The van der Waals surface area contributed by atoms with Crippen LogP contribution in [0.5, 0.6) is 0 Å². The van der Waals surface area contributed by atoms with Gasteiger partial charge in [-0.05, 0) is 54.8 Å². The molecule has 2 aromatic rings. The quantitative estimate of drug-likeness (QED) is 0.418. The molecule has 0 spiro atoms. The number of carbonyl (C=O) groups excluding carboxylic acids is 2. The number of aliphatic hydroxyl groups is 1. The Morgan fingerprint density at radius 3 is 2.10 bits per heavy atom. The van der Waals surface area contributed by atoms with Crippen LogP contribution in [0.2, 0.25) is 0 Å². The van der Waals surface area contributed by atoms with E-state index in [1.54, 1.807) is 24.3 Å². The van der Waals surface area contributed by atoms with Gasteiger partial charge in [0.15, 0.2) is 5.78 Å². The van der Waals surface area contributed by atoms with Crippen LogP contribution >= 0.6 is 0 Å². The van der Waals surface area contributed by atoms with Gasteiger partial charge in [-0.25, -0.2) is 0 Å². The van der Waals surface area contributed by atoms with Crippen molar-refractivity contribution in [1.29, 1.82) is 0 Å². The molecule has 5 nitrogen and oxygen atoms in total. The lowest BCUT2D eigenvalue weighted by Gasteiger charge is -2.14. The minimum Gasteiger partial charge on any atom is -0.388 e. The second kappa shape index (κ2) is 12.6. The maximum absolute atomic E-state index is 12.2. The van der Waals surface area contributed by atoms with Gasteiger partial charge in [0.05, 0.1) is 0 Å². The molecule has 0 saturated heterocycles. The van der Waals surface area contributed by atoms with Crippen LogP contribution in [0.3, 0.4) is 0 Å². The van der Waals surface area contributed by atoms with Crippen LogP contribution in [0.4, 0.5) is 0 Å². The zero-order chi connectivity index (χ0) is 21.8. The highest BCUT2D eigenvalue weighted by Gasteiger charge is 2.18. The molecule has 0 radical (unpaired) electrons. The summed E-state index contributed by atoms with van der Waals surface area (Å²) in [6.07, 6.45) is 6.14. The molecule has 0 unspecified atom stereocenters. The van der Waals surface area contributed by atoms with Crippen molar-refractivity contribution < 1.29 is 14.7 Å². The van der Waals surface area contributed by atoms with Crippen LogP contribution in [-0.4, -0.2) is 36.0 Å². The molecule has 1 amide bonds. The van der Waals surface area contributed by atoms with Gasteiger partial charge in [0.2, 0.25) is 0 Å². The van der Waals surface area contributed by atoms with Gasteiger partial charge in [-0.3, -0.25) is 9.59 Å². The number of amides is 1. The van der Waals surface area contributed by atoms with E-state index in [0.717, 1.165) is 17.5 Å². The minimum atomic E-state index is -0.892. The first-order chi connectivity index (χ1) is 14.6. The molecule has 5 heteroatoms. The molecule has 0 heterocycles. The molecule has 0 aliphatic heterocycles. The third-order valence-corrected chi connectivity index (χ3v) is 4.86. The van der Waals surface area contributed by atoms with Crippen molar-refractivity contribution in [3.05, 3.63) is 70.8 Å².